The van der Waals surface area contributed by atoms with Gasteiger partial charge in [-0.05, 0) is 54.9 Å². The largest absolute Gasteiger partial charge is 0.484 e. The average Bonchev–Trinajstić information content (AvgIpc) is 2.58. The Bertz CT molecular complexity index is 480. The fourth-order valence-corrected chi connectivity index (χ4v) is 2.87. The van der Waals surface area contributed by atoms with Crippen LogP contribution in [0.1, 0.15) is 74.7 Å². The number of ketones is 2. The fraction of sp³-hybridized carbons (Fsp3) is 0.789. The maximum atomic E-state index is 13.2. The summed E-state index contributed by atoms with van der Waals surface area (Å²) in [5, 5.41) is 3.27. The SMILES string of the molecule is CCCCC1(NC(C)(C)C)C(=O)C(OC(C)C)=C(OC(C)C)C1=O. The highest BCUT2D eigenvalue weighted by Gasteiger charge is 2.58. The van der Waals surface area contributed by atoms with Crippen LogP contribution in [-0.4, -0.2) is 34.9 Å². The molecule has 0 bridgehead atoms. The molecule has 138 valence electrons. The molecular weight excluding hydrogens is 306 g/mol. The van der Waals surface area contributed by atoms with Gasteiger partial charge in [0.2, 0.25) is 23.1 Å². The van der Waals surface area contributed by atoms with E-state index in [0.29, 0.717) is 6.42 Å². The molecule has 24 heavy (non-hydrogen) atoms. The summed E-state index contributed by atoms with van der Waals surface area (Å²) < 4.78 is 11.4. The van der Waals surface area contributed by atoms with E-state index in [9.17, 15) is 9.59 Å². The Morgan fingerprint density at radius 3 is 1.67 bits per heavy atom. The number of ether oxygens (including phenoxy) is 2. The molecule has 0 heterocycles. The average molecular weight is 339 g/mol. The highest BCUT2D eigenvalue weighted by molar-refractivity contribution is 6.29. The second-order valence-electron chi connectivity index (χ2n) is 8.03. The lowest BCUT2D eigenvalue weighted by Crippen LogP contribution is -2.61. The van der Waals surface area contributed by atoms with Crippen LogP contribution < -0.4 is 5.32 Å². The Morgan fingerprint density at radius 1 is 0.958 bits per heavy atom. The quantitative estimate of drug-likeness (QED) is 0.686. The second kappa shape index (κ2) is 7.68. The first-order chi connectivity index (χ1) is 10.9. The molecule has 0 spiro atoms. The van der Waals surface area contributed by atoms with Crippen LogP contribution in [0.2, 0.25) is 0 Å². The molecule has 1 rings (SSSR count). The number of hydrogen-bond donors (Lipinski definition) is 1. The van der Waals surface area contributed by atoms with E-state index < -0.39 is 11.1 Å². The molecule has 0 saturated heterocycles. The van der Waals surface area contributed by atoms with E-state index in [1.54, 1.807) is 0 Å². The molecule has 5 nitrogen and oxygen atoms in total. The van der Waals surface area contributed by atoms with Gasteiger partial charge in [-0.25, -0.2) is 0 Å². The van der Waals surface area contributed by atoms with Crippen LogP contribution >= 0.6 is 0 Å². The monoisotopic (exact) mass is 339 g/mol. The predicted octanol–water partition coefficient (Wildman–Crippen LogP) is 3.52. The van der Waals surface area contributed by atoms with Gasteiger partial charge in [-0.1, -0.05) is 19.8 Å². The lowest BCUT2D eigenvalue weighted by molar-refractivity contribution is -0.134. The third-order valence-corrected chi connectivity index (χ3v) is 3.59. The van der Waals surface area contributed by atoms with E-state index in [1.807, 2.05) is 55.4 Å². The van der Waals surface area contributed by atoms with Gasteiger partial charge in [-0.2, -0.15) is 0 Å². The number of nitrogens with one attached hydrogen (secondary N) is 1. The fourth-order valence-electron chi connectivity index (χ4n) is 2.87. The van der Waals surface area contributed by atoms with Crippen molar-refractivity contribution in [1.82, 2.24) is 5.32 Å². The zero-order valence-electron chi connectivity index (χ0n) is 16.4. The van der Waals surface area contributed by atoms with E-state index in [2.05, 4.69) is 5.32 Å². The summed E-state index contributed by atoms with van der Waals surface area (Å²) in [6.45, 7) is 15.2. The molecule has 1 N–H and O–H groups in total. The Labute approximate surface area is 146 Å². The maximum Gasteiger partial charge on any atom is 0.229 e. The first kappa shape index (κ1) is 20.7. The standard InChI is InChI=1S/C19H33NO4/c1-9-10-11-19(20-18(6,7)8)16(21)14(23-12(2)3)15(17(19)22)24-13(4)5/h12-13,20H,9-11H2,1-8H3. The molecule has 0 saturated carbocycles. The van der Waals surface area contributed by atoms with Crippen LogP contribution in [0, 0.1) is 0 Å². The predicted molar refractivity (Wildman–Crippen MR) is 94.6 cm³/mol. The van der Waals surface area contributed by atoms with Crippen molar-refractivity contribution in [3.8, 4) is 0 Å². The molecule has 1 aliphatic rings. The second-order valence-corrected chi connectivity index (χ2v) is 8.03. The lowest BCUT2D eigenvalue weighted by atomic mass is 9.85. The van der Waals surface area contributed by atoms with Crippen molar-refractivity contribution >= 4 is 11.6 Å². The van der Waals surface area contributed by atoms with E-state index in [1.165, 1.54) is 0 Å². The van der Waals surface area contributed by atoms with Gasteiger partial charge in [0.05, 0.1) is 12.2 Å². The van der Waals surface area contributed by atoms with Gasteiger partial charge in [0.1, 0.15) is 0 Å². The third-order valence-electron chi connectivity index (χ3n) is 3.59. The number of unbranched alkanes of at least 4 members (excludes halogenated alkanes) is 1. The van der Waals surface area contributed by atoms with Crippen molar-refractivity contribution in [1.29, 1.82) is 0 Å². The van der Waals surface area contributed by atoms with E-state index >= 15 is 0 Å². The first-order valence-electron chi connectivity index (χ1n) is 8.91. The lowest BCUT2D eigenvalue weighted by Gasteiger charge is -2.35. The molecular formula is C19H33NO4. The highest BCUT2D eigenvalue weighted by Crippen LogP contribution is 2.36. The third kappa shape index (κ3) is 4.59. The minimum absolute atomic E-state index is 0.0663. The van der Waals surface area contributed by atoms with Crippen molar-refractivity contribution < 1.29 is 19.1 Å². The summed E-state index contributed by atoms with van der Waals surface area (Å²) in [6.07, 6.45) is 1.69. The molecule has 0 unspecified atom stereocenters. The minimum Gasteiger partial charge on any atom is -0.484 e. The number of carbonyl (C=O) groups is 2. The normalized spacial score (nSPS) is 18.1. The number of rotatable bonds is 8. The topological polar surface area (TPSA) is 64.6 Å². The van der Waals surface area contributed by atoms with Crippen molar-refractivity contribution in [2.45, 2.75) is 97.9 Å². The molecule has 1 aliphatic carbocycles. The Kier molecular flexibility index (Phi) is 6.62. The molecule has 0 aromatic carbocycles. The van der Waals surface area contributed by atoms with Gasteiger partial charge >= 0.3 is 0 Å². The zero-order chi connectivity index (χ0) is 18.7. The number of hydrogen-bond acceptors (Lipinski definition) is 5. The van der Waals surface area contributed by atoms with Gasteiger partial charge < -0.3 is 9.47 Å². The van der Waals surface area contributed by atoms with Crippen LogP contribution in [-0.2, 0) is 19.1 Å². The van der Waals surface area contributed by atoms with Gasteiger partial charge in [0.25, 0.3) is 0 Å². The van der Waals surface area contributed by atoms with Crippen LogP contribution in [0.15, 0.2) is 11.5 Å². The van der Waals surface area contributed by atoms with E-state index in [4.69, 9.17) is 9.47 Å². The van der Waals surface area contributed by atoms with Crippen LogP contribution in [0.3, 0.4) is 0 Å². The van der Waals surface area contributed by atoms with Gasteiger partial charge in [-0.15, -0.1) is 0 Å². The Morgan fingerprint density at radius 2 is 1.38 bits per heavy atom. The zero-order valence-corrected chi connectivity index (χ0v) is 16.4. The maximum absolute atomic E-state index is 13.2. The molecule has 0 aliphatic heterocycles. The molecule has 0 atom stereocenters. The summed E-state index contributed by atoms with van der Waals surface area (Å²) in [7, 11) is 0. The Balaban J connectivity index is 3.37. The molecule has 0 aromatic rings. The molecule has 0 aromatic heterocycles. The number of carbonyl (C=O) groups excluding carboxylic acids is 2. The Hall–Kier alpha value is -1.36. The molecule has 5 heteroatoms. The van der Waals surface area contributed by atoms with Crippen molar-refractivity contribution in [2.75, 3.05) is 0 Å². The highest BCUT2D eigenvalue weighted by atomic mass is 16.5. The molecule has 0 amide bonds. The van der Waals surface area contributed by atoms with Crippen molar-refractivity contribution in [2.24, 2.45) is 0 Å². The minimum atomic E-state index is -1.29. The summed E-state index contributed by atoms with van der Waals surface area (Å²) in [5.74, 6) is -0.478. The smallest absolute Gasteiger partial charge is 0.229 e. The molecule has 0 fully saturated rings. The van der Waals surface area contributed by atoms with Crippen LogP contribution in [0.25, 0.3) is 0 Å². The van der Waals surface area contributed by atoms with Crippen molar-refractivity contribution in [3.63, 3.8) is 0 Å². The molecule has 0 radical (unpaired) electrons. The van der Waals surface area contributed by atoms with E-state index in [-0.39, 0.29) is 35.3 Å². The first-order valence-corrected chi connectivity index (χ1v) is 8.91. The van der Waals surface area contributed by atoms with Gasteiger partial charge in [0.15, 0.2) is 5.54 Å². The van der Waals surface area contributed by atoms with Crippen LogP contribution in [0.4, 0.5) is 0 Å². The summed E-state index contributed by atoms with van der Waals surface area (Å²) >= 11 is 0. The van der Waals surface area contributed by atoms with Crippen molar-refractivity contribution in [3.05, 3.63) is 11.5 Å². The number of Topliss-reactive ketones (excluding diaryl/α,β-unsaturated/α-hetero) is 2. The van der Waals surface area contributed by atoms with E-state index in [0.717, 1.165) is 12.8 Å². The summed E-state index contributed by atoms with van der Waals surface area (Å²) in [6, 6.07) is 0. The summed E-state index contributed by atoms with van der Waals surface area (Å²) in [4.78, 5) is 26.4. The summed E-state index contributed by atoms with van der Waals surface area (Å²) in [5.41, 5.74) is -1.68. The van der Waals surface area contributed by atoms with Gasteiger partial charge in [0, 0.05) is 5.54 Å². The van der Waals surface area contributed by atoms with Crippen LogP contribution in [0.5, 0.6) is 0 Å². The van der Waals surface area contributed by atoms with Gasteiger partial charge in [-0.3, -0.25) is 14.9 Å².